The van der Waals surface area contributed by atoms with Crippen LogP contribution in [0.4, 0.5) is 24.5 Å². The molecular formula is C24H19F3N2O3. The average molecular weight is 440 g/mol. The number of benzene rings is 2. The minimum atomic E-state index is -4.65. The molecule has 1 saturated heterocycles. The Morgan fingerprint density at radius 2 is 1.66 bits per heavy atom. The molecule has 3 aliphatic rings. The van der Waals surface area contributed by atoms with E-state index in [2.05, 4.69) is 5.32 Å². The largest absolute Gasteiger partial charge is 0.418 e. The monoisotopic (exact) mass is 440 g/mol. The third-order valence-electron chi connectivity index (χ3n) is 6.75. The van der Waals surface area contributed by atoms with E-state index in [1.807, 2.05) is 13.0 Å². The van der Waals surface area contributed by atoms with Gasteiger partial charge >= 0.3 is 6.18 Å². The number of imide groups is 1. The van der Waals surface area contributed by atoms with Crippen molar-refractivity contribution in [2.75, 3.05) is 10.2 Å². The van der Waals surface area contributed by atoms with Gasteiger partial charge in [-0.1, -0.05) is 35.9 Å². The molecule has 3 amide bonds. The molecule has 32 heavy (non-hydrogen) atoms. The maximum absolute atomic E-state index is 13.3. The van der Waals surface area contributed by atoms with Gasteiger partial charge in [-0.25, -0.2) is 4.90 Å². The molecule has 0 unspecified atom stereocenters. The van der Waals surface area contributed by atoms with Gasteiger partial charge in [0.2, 0.25) is 11.8 Å². The van der Waals surface area contributed by atoms with Crippen molar-refractivity contribution in [1.29, 1.82) is 0 Å². The van der Waals surface area contributed by atoms with Crippen molar-refractivity contribution in [3.63, 3.8) is 0 Å². The number of allylic oxidation sites excluding steroid dienone is 2. The van der Waals surface area contributed by atoms with Crippen LogP contribution >= 0.6 is 0 Å². The normalized spacial score (nSPS) is 26.4. The minimum Gasteiger partial charge on any atom is -0.321 e. The molecule has 0 radical (unpaired) electrons. The lowest BCUT2D eigenvalue weighted by molar-refractivity contribution is -0.137. The van der Waals surface area contributed by atoms with Crippen molar-refractivity contribution in [3.05, 3.63) is 71.3 Å². The highest BCUT2D eigenvalue weighted by molar-refractivity contribution is 6.25. The van der Waals surface area contributed by atoms with Crippen LogP contribution in [0.5, 0.6) is 0 Å². The molecule has 2 aromatic rings. The van der Waals surface area contributed by atoms with Crippen LogP contribution in [0.3, 0.4) is 0 Å². The molecular weight excluding hydrogens is 421 g/mol. The molecule has 1 aliphatic heterocycles. The second-order valence-electron chi connectivity index (χ2n) is 8.49. The predicted molar refractivity (Wildman–Crippen MR) is 111 cm³/mol. The highest BCUT2D eigenvalue weighted by Gasteiger charge is 2.61. The van der Waals surface area contributed by atoms with Crippen LogP contribution < -0.4 is 10.2 Å². The van der Waals surface area contributed by atoms with E-state index in [9.17, 15) is 27.6 Å². The molecule has 2 bridgehead atoms. The second kappa shape index (κ2) is 7.05. The standard InChI is InChI=1S/C24H19F3N2O3/c1-12-10-13-11-15(12)20-19(13)22(31)29(23(20)32)18-9-5-2-6-14(18)21(30)28-17-8-4-3-7-16(17)24(25,26)27/h2-10,13,15,19-20H,11H2,1H3,(H,28,30)/t13-,15+,19-,20-/m0/s1. The lowest BCUT2D eigenvalue weighted by Crippen LogP contribution is -2.34. The summed E-state index contributed by atoms with van der Waals surface area (Å²) in [4.78, 5) is 40.5. The lowest BCUT2D eigenvalue weighted by atomic mass is 9.82. The fourth-order valence-corrected chi connectivity index (χ4v) is 5.40. The number of fused-ring (bicyclic) bond motifs is 5. The Bertz CT molecular complexity index is 1190. The summed E-state index contributed by atoms with van der Waals surface area (Å²) in [6.45, 7) is 1.96. The van der Waals surface area contributed by atoms with E-state index in [1.54, 1.807) is 6.07 Å². The highest BCUT2D eigenvalue weighted by Crippen LogP contribution is 2.56. The van der Waals surface area contributed by atoms with Gasteiger partial charge in [-0.3, -0.25) is 14.4 Å². The third-order valence-corrected chi connectivity index (χ3v) is 6.75. The molecule has 164 valence electrons. The van der Waals surface area contributed by atoms with Gasteiger partial charge in [-0.15, -0.1) is 0 Å². The van der Waals surface area contributed by atoms with Crippen molar-refractivity contribution in [2.45, 2.75) is 19.5 Å². The van der Waals surface area contributed by atoms with Gasteiger partial charge in [0, 0.05) is 0 Å². The quantitative estimate of drug-likeness (QED) is 0.558. The zero-order valence-corrected chi connectivity index (χ0v) is 17.0. The number of rotatable bonds is 3. The Morgan fingerprint density at radius 3 is 2.41 bits per heavy atom. The number of nitrogens with zero attached hydrogens (tertiary/aromatic N) is 1. The smallest absolute Gasteiger partial charge is 0.321 e. The van der Waals surface area contributed by atoms with E-state index in [0.717, 1.165) is 29.0 Å². The number of carbonyl (C=O) groups excluding carboxylic acids is 3. The molecule has 2 aliphatic carbocycles. The lowest BCUT2D eigenvalue weighted by Gasteiger charge is -2.21. The summed E-state index contributed by atoms with van der Waals surface area (Å²) in [5.74, 6) is -2.40. The van der Waals surface area contributed by atoms with Crippen LogP contribution in [0.1, 0.15) is 29.3 Å². The maximum atomic E-state index is 13.3. The first kappa shape index (κ1) is 20.5. The number of halogens is 3. The number of carbonyl (C=O) groups is 3. The fraction of sp³-hybridized carbons (Fsp3) is 0.292. The fourth-order valence-electron chi connectivity index (χ4n) is 5.40. The minimum absolute atomic E-state index is 0.00565. The molecule has 1 saturated carbocycles. The number of amides is 3. The van der Waals surface area contributed by atoms with Gasteiger partial charge in [0.1, 0.15) is 0 Å². The summed E-state index contributed by atoms with van der Waals surface area (Å²) in [6, 6.07) is 10.6. The van der Waals surface area contributed by atoms with E-state index in [0.29, 0.717) is 0 Å². The summed E-state index contributed by atoms with van der Waals surface area (Å²) in [6.07, 6.45) is -1.82. The van der Waals surface area contributed by atoms with Gasteiger partial charge in [-0.2, -0.15) is 13.2 Å². The van der Waals surface area contributed by atoms with Crippen molar-refractivity contribution in [2.24, 2.45) is 23.7 Å². The molecule has 0 aromatic heterocycles. The number of anilines is 2. The van der Waals surface area contributed by atoms with Gasteiger partial charge in [0.15, 0.2) is 0 Å². The van der Waals surface area contributed by atoms with Crippen molar-refractivity contribution < 1.29 is 27.6 Å². The third kappa shape index (κ3) is 2.97. The first-order valence-corrected chi connectivity index (χ1v) is 10.3. The van der Waals surface area contributed by atoms with Crippen LogP contribution in [-0.2, 0) is 15.8 Å². The van der Waals surface area contributed by atoms with Crippen LogP contribution in [0.25, 0.3) is 0 Å². The number of hydrogen-bond donors (Lipinski definition) is 1. The SMILES string of the molecule is CC1=C[C@H]2C[C@H]1[C@@H]1C(=O)N(c3ccccc3C(=O)Nc3ccccc3C(F)(F)F)C(=O)[C@H]12. The number of para-hydroxylation sites is 2. The van der Waals surface area contributed by atoms with Crippen molar-refractivity contribution in [3.8, 4) is 0 Å². The summed E-state index contributed by atoms with van der Waals surface area (Å²) in [5.41, 5.74) is -0.214. The Labute approximate surface area is 181 Å². The molecule has 2 aromatic carbocycles. The molecule has 2 fully saturated rings. The summed E-state index contributed by atoms with van der Waals surface area (Å²) < 4.78 is 40.0. The molecule has 0 spiro atoms. The first-order valence-electron chi connectivity index (χ1n) is 10.3. The summed E-state index contributed by atoms with van der Waals surface area (Å²) >= 11 is 0. The molecule has 5 nitrogen and oxygen atoms in total. The Kier molecular flexibility index (Phi) is 4.51. The van der Waals surface area contributed by atoms with E-state index < -0.39 is 35.2 Å². The van der Waals surface area contributed by atoms with Crippen molar-refractivity contribution >= 4 is 29.1 Å². The van der Waals surface area contributed by atoms with E-state index in [4.69, 9.17) is 0 Å². The topological polar surface area (TPSA) is 66.5 Å². The molecule has 8 heteroatoms. The van der Waals surface area contributed by atoms with Gasteiger partial charge < -0.3 is 5.32 Å². The zero-order chi connectivity index (χ0) is 22.8. The molecule has 5 rings (SSSR count). The summed E-state index contributed by atoms with van der Waals surface area (Å²) in [5, 5.41) is 2.30. The average Bonchev–Trinajstić information content (AvgIpc) is 3.38. The Morgan fingerprint density at radius 1 is 1.00 bits per heavy atom. The van der Waals surface area contributed by atoms with Gasteiger partial charge in [0.25, 0.3) is 5.91 Å². The van der Waals surface area contributed by atoms with E-state index >= 15 is 0 Å². The van der Waals surface area contributed by atoms with Gasteiger partial charge in [0.05, 0.1) is 34.3 Å². The van der Waals surface area contributed by atoms with E-state index in [-0.39, 0.29) is 34.9 Å². The van der Waals surface area contributed by atoms with Gasteiger partial charge in [-0.05, 0) is 49.4 Å². The predicted octanol–water partition coefficient (Wildman–Crippen LogP) is 4.66. The Balaban J connectivity index is 1.48. The maximum Gasteiger partial charge on any atom is 0.418 e. The second-order valence-corrected chi connectivity index (χ2v) is 8.49. The molecule has 4 atom stereocenters. The van der Waals surface area contributed by atoms with Crippen LogP contribution in [0.2, 0.25) is 0 Å². The molecule has 1 heterocycles. The zero-order valence-electron chi connectivity index (χ0n) is 17.0. The molecule has 1 N–H and O–H groups in total. The van der Waals surface area contributed by atoms with E-state index in [1.165, 1.54) is 30.3 Å². The van der Waals surface area contributed by atoms with Crippen LogP contribution in [0, 0.1) is 23.7 Å². The number of nitrogens with one attached hydrogen (secondary N) is 1. The number of alkyl halides is 3. The number of hydrogen-bond acceptors (Lipinski definition) is 3. The summed E-state index contributed by atoms with van der Waals surface area (Å²) in [7, 11) is 0. The Hall–Kier alpha value is -3.42. The first-order chi connectivity index (χ1) is 15.2. The van der Waals surface area contributed by atoms with Crippen LogP contribution in [0.15, 0.2) is 60.2 Å². The highest BCUT2D eigenvalue weighted by atomic mass is 19.4. The van der Waals surface area contributed by atoms with Crippen LogP contribution in [-0.4, -0.2) is 17.7 Å². The van der Waals surface area contributed by atoms with Crippen molar-refractivity contribution in [1.82, 2.24) is 0 Å².